The van der Waals surface area contributed by atoms with Crippen LogP contribution in [0.25, 0.3) is 0 Å². The van der Waals surface area contributed by atoms with Crippen molar-refractivity contribution in [3.63, 3.8) is 0 Å². The van der Waals surface area contributed by atoms with E-state index in [0.717, 1.165) is 5.57 Å². The predicted molar refractivity (Wildman–Crippen MR) is 141 cm³/mol. The van der Waals surface area contributed by atoms with Crippen LogP contribution in [0.1, 0.15) is 53.6 Å². The molecule has 0 spiro atoms. The molecule has 37 heavy (non-hydrogen) atoms. The summed E-state index contributed by atoms with van der Waals surface area (Å²) in [5.41, 5.74) is 1.56. The normalized spacial score (nSPS) is 18.0. The van der Waals surface area contributed by atoms with Crippen LogP contribution >= 0.6 is 11.6 Å². The highest BCUT2D eigenvalue weighted by Gasteiger charge is 2.33. The molecule has 2 N–H and O–H groups in total. The van der Waals surface area contributed by atoms with E-state index in [1.165, 1.54) is 18.5 Å². The number of amides is 3. The van der Waals surface area contributed by atoms with E-state index in [-0.39, 0.29) is 47.5 Å². The predicted octanol–water partition coefficient (Wildman–Crippen LogP) is 3.60. The van der Waals surface area contributed by atoms with Crippen molar-refractivity contribution < 1.29 is 18.8 Å². The zero-order valence-corrected chi connectivity index (χ0v) is 22.6. The van der Waals surface area contributed by atoms with Crippen LogP contribution in [-0.4, -0.2) is 78.3 Å². The molecule has 1 aromatic carbocycles. The Bertz CT molecular complexity index is 1160. The molecule has 200 valence electrons. The van der Waals surface area contributed by atoms with Crippen LogP contribution in [0.15, 0.2) is 41.3 Å². The van der Waals surface area contributed by atoms with E-state index in [2.05, 4.69) is 15.3 Å². The third kappa shape index (κ3) is 6.68. The number of nitrogens with one attached hydrogen (secondary N) is 2. The molecule has 0 bridgehead atoms. The number of aromatic nitrogens is 2. The van der Waals surface area contributed by atoms with Crippen molar-refractivity contribution in [1.29, 1.82) is 0 Å². The van der Waals surface area contributed by atoms with Crippen LogP contribution in [0.2, 0.25) is 0 Å². The second-order valence-corrected chi connectivity index (χ2v) is 9.93. The Balaban J connectivity index is 1.58. The van der Waals surface area contributed by atoms with Crippen LogP contribution in [-0.2, 0) is 4.79 Å². The third-order valence-electron chi connectivity index (χ3n) is 6.79. The fourth-order valence-electron chi connectivity index (χ4n) is 4.50. The molecule has 0 saturated heterocycles. The van der Waals surface area contributed by atoms with E-state index < -0.39 is 5.91 Å². The monoisotopic (exact) mass is 532 g/mol. The molecule has 0 aliphatic heterocycles. The Morgan fingerprint density at radius 1 is 1.08 bits per heavy atom. The third-order valence-corrected chi connectivity index (χ3v) is 7.45. The zero-order chi connectivity index (χ0) is 27.3. The lowest BCUT2D eigenvalue weighted by Gasteiger charge is -2.35. The Morgan fingerprint density at radius 2 is 1.70 bits per heavy atom. The average molecular weight is 533 g/mol. The summed E-state index contributed by atoms with van der Waals surface area (Å²) in [6.07, 6.45) is 3.88. The summed E-state index contributed by atoms with van der Waals surface area (Å²) < 4.78 is 13.2. The molecule has 1 heterocycles. The molecule has 9 nitrogen and oxygen atoms in total. The highest BCUT2D eigenvalue weighted by atomic mass is 35.5. The number of aromatic amines is 1. The van der Waals surface area contributed by atoms with Crippen molar-refractivity contribution in [2.45, 2.75) is 38.6 Å². The molecule has 2 aromatic rings. The first kappa shape index (κ1) is 28.2. The summed E-state index contributed by atoms with van der Waals surface area (Å²) in [6, 6.07) is 5.75. The van der Waals surface area contributed by atoms with Gasteiger partial charge in [0, 0.05) is 52.4 Å². The average Bonchev–Trinajstić information content (AvgIpc) is 3.40. The molecule has 1 fully saturated rings. The van der Waals surface area contributed by atoms with Gasteiger partial charge in [-0.25, -0.2) is 9.37 Å². The lowest BCUT2D eigenvalue weighted by atomic mass is 9.84. The number of carbonyl (C=O) groups is 3. The lowest BCUT2D eigenvalue weighted by Crippen LogP contribution is -2.43. The number of hydrogen-bond donors (Lipinski definition) is 2. The Morgan fingerprint density at radius 3 is 2.30 bits per heavy atom. The van der Waals surface area contributed by atoms with Crippen molar-refractivity contribution in [2.75, 3.05) is 39.6 Å². The molecule has 1 aliphatic carbocycles. The summed E-state index contributed by atoms with van der Waals surface area (Å²) in [6.45, 7) is 2.03. The highest BCUT2D eigenvalue weighted by molar-refractivity contribution is 6.29. The van der Waals surface area contributed by atoms with Gasteiger partial charge in [-0.05, 0) is 62.4 Å². The van der Waals surface area contributed by atoms with Crippen LogP contribution in [0, 0.1) is 11.7 Å². The molecule has 1 saturated carbocycles. The minimum Gasteiger partial charge on any atom is -0.368 e. The van der Waals surface area contributed by atoms with E-state index >= 15 is 0 Å². The molecule has 0 atom stereocenters. The second kappa shape index (κ2) is 12.2. The number of hydrogen-bond acceptors (Lipinski definition) is 5. The molecule has 1 aliphatic rings. The molecule has 11 heteroatoms. The fourth-order valence-corrected chi connectivity index (χ4v) is 4.57. The van der Waals surface area contributed by atoms with Crippen LogP contribution in [0.5, 0.6) is 0 Å². The first-order valence-corrected chi connectivity index (χ1v) is 12.5. The SMILES string of the molecule is CC(CNC(=O)c1nc[nH]c1C(=O)N(C)C1CCC(C(=O)N(C)c2ccc(F)cc2)CC1)=C(Cl)N(C)C. The van der Waals surface area contributed by atoms with Gasteiger partial charge >= 0.3 is 0 Å². The first-order valence-electron chi connectivity index (χ1n) is 12.2. The van der Waals surface area contributed by atoms with Gasteiger partial charge in [-0.1, -0.05) is 11.6 Å². The summed E-state index contributed by atoms with van der Waals surface area (Å²) in [5, 5.41) is 3.28. The zero-order valence-electron chi connectivity index (χ0n) is 21.8. The maximum atomic E-state index is 13.2. The van der Waals surface area contributed by atoms with Gasteiger partial charge in [0.25, 0.3) is 11.8 Å². The molecular formula is C26H34ClFN6O3. The standard InChI is InChI=1S/C26H34ClFN6O3/c1-16(23(27)32(2)3)14-29-24(35)21-22(31-15-30-21)26(37)34(5)19-10-6-17(7-11-19)25(36)33(4)20-12-8-18(28)9-13-20/h8-9,12-13,15,17,19H,6-7,10-11,14H2,1-5H3,(H,29,35)(H,30,31). The van der Waals surface area contributed by atoms with Crippen molar-refractivity contribution in [2.24, 2.45) is 5.92 Å². The van der Waals surface area contributed by atoms with Crippen LogP contribution in [0.4, 0.5) is 10.1 Å². The number of carbonyl (C=O) groups excluding carboxylic acids is 3. The van der Waals surface area contributed by atoms with Gasteiger partial charge in [0.2, 0.25) is 5.91 Å². The number of benzene rings is 1. The number of imidazole rings is 1. The van der Waals surface area contributed by atoms with Gasteiger partial charge in [-0.3, -0.25) is 14.4 Å². The van der Waals surface area contributed by atoms with Crippen molar-refractivity contribution in [3.8, 4) is 0 Å². The fraction of sp³-hybridized carbons (Fsp3) is 0.462. The van der Waals surface area contributed by atoms with Crippen LogP contribution in [0.3, 0.4) is 0 Å². The topological polar surface area (TPSA) is 102 Å². The number of halogens is 2. The Labute approximate surface area is 221 Å². The van der Waals surface area contributed by atoms with E-state index in [9.17, 15) is 18.8 Å². The largest absolute Gasteiger partial charge is 0.368 e. The van der Waals surface area contributed by atoms with E-state index in [0.29, 0.717) is 36.5 Å². The van der Waals surface area contributed by atoms with Gasteiger partial charge in [0.05, 0.1) is 6.33 Å². The summed E-state index contributed by atoms with van der Waals surface area (Å²) in [7, 11) is 7.00. The summed E-state index contributed by atoms with van der Waals surface area (Å²) in [4.78, 5) is 50.7. The summed E-state index contributed by atoms with van der Waals surface area (Å²) >= 11 is 6.20. The summed E-state index contributed by atoms with van der Waals surface area (Å²) in [5.74, 6) is -1.35. The molecular weight excluding hydrogens is 499 g/mol. The number of nitrogens with zero attached hydrogens (tertiary/aromatic N) is 4. The Kier molecular flexibility index (Phi) is 9.31. The molecule has 0 radical (unpaired) electrons. The highest BCUT2D eigenvalue weighted by Crippen LogP contribution is 2.30. The van der Waals surface area contributed by atoms with E-state index in [4.69, 9.17) is 11.6 Å². The van der Waals surface area contributed by atoms with E-state index in [1.807, 2.05) is 6.92 Å². The Hall–Kier alpha value is -3.40. The first-order chi connectivity index (χ1) is 17.5. The number of anilines is 1. The van der Waals surface area contributed by atoms with Crippen molar-refractivity contribution in [1.82, 2.24) is 25.1 Å². The quantitative estimate of drug-likeness (QED) is 0.506. The molecule has 1 aromatic heterocycles. The van der Waals surface area contributed by atoms with Gasteiger partial charge < -0.3 is 25.0 Å². The van der Waals surface area contributed by atoms with Gasteiger partial charge in [-0.15, -0.1) is 0 Å². The smallest absolute Gasteiger partial charge is 0.272 e. The lowest BCUT2D eigenvalue weighted by molar-refractivity contribution is -0.123. The van der Waals surface area contributed by atoms with Gasteiger partial charge in [0.15, 0.2) is 5.69 Å². The molecule has 3 rings (SSSR count). The van der Waals surface area contributed by atoms with Crippen molar-refractivity contribution >= 4 is 35.0 Å². The van der Waals surface area contributed by atoms with Gasteiger partial charge in [0.1, 0.15) is 16.7 Å². The molecule has 0 unspecified atom stereocenters. The second-order valence-electron chi connectivity index (χ2n) is 9.57. The van der Waals surface area contributed by atoms with Crippen molar-refractivity contribution in [3.05, 3.63) is 58.5 Å². The van der Waals surface area contributed by atoms with Crippen LogP contribution < -0.4 is 10.2 Å². The number of rotatable bonds is 8. The maximum Gasteiger partial charge on any atom is 0.272 e. The minimum absolute atomic E-state index is 0.0229. The van der Waals surface area contributed by atoms with E-state index in [1.54, 1.807) is 55.0 Å². The van der Waals surface area contributed by atoms with Gasteiger partial charge in [-0.2, -0.15) is 0 Å². The minimum atomic E-state index is -0.473. The number of H-pyrrole nitrogens is 1. The molecule has 3 amide bonds. The maximum absolute atomic E-state index is 13.2.